The number of hydrogen-bond donors (Lipinski definition) is 6. The summed E-state index contributed by atoms with van der Waals surface area (Å²) < 4.78 is 5.98. The fraction of sp³-hybridized carbons (Fsp3) is 0.370. The molecule has 35 heavy (non-hydrogen) atoms. The van der Waals surface area contributed by atoms with Crippen LogP contribution in [0.15, 0.2) is 42.6 Å². The number of benzene rings is 2. The van der Waals surface area contributed by atoms with E-state index in [1.807, 2.05) is 36.5 Å². The quantitative estimate of drug-likeness (QED) is 0.217. The molecule has 8 nitrogen and oxygen atoms in total. The minimum atomic E-state index is -0.835. The number of fused-ring (bicyclic) bond motifs is 2. The van der Waals surface area contributed by atoms with Gasteiger partial charge in [0.15, 0.2) is 6.35 Å². The monoisotopic (exact) mass is 476 g/mol. The molecule has 0 radical (unpaired) electrons. The number of aliphatic hydroxyl groups is 2. The molecule has 0 saturated heterocycles. The number of rotatable bonds is 8. The zero-order chi connectivity index (χ0) is 24.6. The highest BCUT2D eigenvalue weighted by Crippen LogP contribution is 2.30. The van der Waals surface area contributed by atoms with E-state index in [0.717, 1.165) is 41.3 Å². The second kappa shape index (κ2) is 11.9. The molecule has 2 atom stereocenters. The van der Waals surface area contributed by atoms with Gasteiger partial charge in [-0.2, -0.15) is 0 Å². The number of hydrogen-bond acceptors (Lipinski definition) is 6. The van der Waals surface area contributed by atoms with Crippen molar-refractivity contribution in [3.63, 3.8) is 0 Å². The van der Waals surface area contributed by atoms with Crippen molar-refractivity contribution in [2.24, 2.45) is 0 Å². The first kappa shape index (κ1) is 24.8. The summed E-state index contributed by atoms with van der Waals surface area (Å²) in [6.07, 6.45) is 4.28. The maximum atomic E-state index is 13.4. The SMILES string of the molecule is CN[C@H](O)NCC#Cc1cc2c(c(C(=O)N[C@@H](CO)Cc3c[nH]c4ccccc34)c1)OCCCC2. The van der Waals surface area contributed by atoms with Gasteiger partial charge in [-0.25, -0.2) is 0 Å². The Kier molecular flexibility index (Phi) is 8.40. The molecule has 1 aliphatic heterocycles. The number of ether oxygens (including phenoxy) is 1. The van der Waals surface area contributed by atoms with E-state index < -0.39 is 12.4 Å². The van der Waals surface area contributed by atoms with E-state index in [4.69, 9.17) is 4.74 Å². The summed E-state index contributed by atoms with van der Waals surface area (Å²) in [5.74, 6) is 6.35. The van der Waals surface area contributed by atoms with Gasteiger partial charge in [0.25, 0.3) is 5.91 Å². The molecule has 2 aromatic carbocycles. The minimum absolute atomic E-state index is 0.187. The Morgan fingerprint density at radius 2 is 2.11 bits per heavy atom. The number of aromatic nitrogens is 1. The van der Waals surface area contributed by atoms with Gasteiger partial charge in [0.05, 0.1) is 31.4 Å². The lowest BCUT2D eigenvalue weighted by Crippen LogP contribution is -2.39. The van der Waals surface area contributed by atoms with Crippen LogP contribution >= 0.6 is 0 Å². The van der Waals surface area contributed by atoms with E-state index in [1.165, 1.54) is 0 Å². The molecule has 1 amide bonds. The van der Waals surface area contributed by atoms with Crippen molar-refractivity contribution in [2.75, 3.05) is 26.8 Å². The highest BCUT2D eigenvalue weighted by atomic mass is 16.5. The van der Waals surface area contributed by atoms with Gasteiger partial charge >= 0.3 is 0 Å². The van der Waals surface area contributed by atoms with Crippen molar-refractivity contribution in [3.05, 3.63) is 64.8 Å². The molecule has 0 aliphatic carbocycles. The van der Waals surface area contributed by atoms with Crippen LogP contribution in [0, 0.1) is 11.8 Å². The standard InChI is InChI=1S/C27H32N4O4/c1-28-27(34)29-11-6-7-18-13-19-8-4-5-12-35-25(19)23(14-18)26(33)31-21(17-32)15-20-16-30-24-10-3-2-9-22(20)24/h2-3,9-10,13-14,16,21,27-30,32,34H,4-5,8,11-12,15,17H2,1H3,(H,31,33)/t21-,27+/m1/s1. The molecule has 1 aromatic heterocycles. The molecule has 0 fully saturated rings. The van der Waals surface area contributed by atoms with Crippen LogP contribution in [0.3, 0.4) is 0 Å². The molecule has 0 bridgehead atoms. The average molecular weight is 477 g/mol. The molecule has 4 rings (SSSR count). The number of para-hydroxylation sites is 1. The van der Waals surface area contributed by atoms with Crippen molar-refractivity contribution >= 4 is 16.8 Å². The molecular weight excluding hydrogens is 444 g/mol. The van der Waals surface area contributed by atoms with Crippen LogP contribution < -0.4 is 20.7 Å². The molecule has 6 N–H and O–H groups in total. The largest absolute Gasteiger partial charge is 0.492 e. The first-order valence-corrected chi connectivity index (χ1v) is 11.9. The highest BCUT2D eigenvalue weighted by Gasteiger charge is 2.22. The first-order valence-electron chi connectivity index (χ1n) is 11.9. The van der Waals surface area contributed by atoms with Gasteiger partial charge in [0.1, 0.15) is 5.75 Å². The van der Waals surface area contributed by atoms with Gasteiger partial charge in [0.2, 0.25) is 0 Å². The van der Waals surface area contributed by atoms with Gasteiger partial charge in [-0.05, 0) is 62.1 Å². The normalized spacial score (nSPS) is 14.7. The van der Waals surface area contributed by atoms with E-state index in [9.17, 15) is 15.0 Å². The second-order valence-corrected chi connectivity index (χ2v) is 8.61. The van der Waals surface area contributed by atoms with E-state index in [2.05, 4.69) is 32.8 Å². The summed E-state index contributed by atoms with van der Waals surface area (Å²) >= 11 is 0. The Morgan fingerprint density at radius 1 is 1.26 bits per heavy atom. The second-order valence-electron chi connectivity index (χ2n) is 8.61. The van der Waals surface area contributed by atoms with E-state index in [0.29, 0.717) is 29.9 Å². The predicted molar refractivity (Wildman–Crippen MR) is 135 cm³/mol. The van der Waals surface area contributed by atoms with Crippen molar-refractivity contribution in [1.82, 2.24) is 20.9 Å². The number of H-pyrrole nitrogens is 1. The molecule has 0 saturated carbocycles. The van der Waals surface area contributed by atoms with Crippen molar-refractivity contribution in [1.29, 1.82) is 0 Å². The first-order chi connectivity index (χ1) is 17.1. The summed E-state index contributed by atoms with van der Waals surface area (Å²) in [4.78, 5) is 16.6. The van der Waals surface area contributed by atoms with Crippen molar-refractivity contribution < 1.29 is 19.7 Å². The van der Waals surface area contributed by atoms with E-state index >= 15 is 0 Å². The van der Waals surface area contributed by atoms with Crippen molar-refractivity contribution in [3.8, 4) is 17.6 Å². The third-order valence-corrected chi connectivity index (χ3v) is 6.08. The van der Waals surface area contributed by atoms with E-state index in [1.54, 1.807) is 13.1 Å². The predicted octanol–water partition coefficient (Wildman–Crippen LogP) is 1.65. The number of aliphatic hydroxyl groups excluding tert-OH is 2. The molecule has 184 valence electrons. The number of amides is 1. The minimum Gasteiger partial charge on any atom is -0.492 e. The fourth-order valence-electron chi connectivity index (χ4n) is 4.26. The van der Waals surface area contributed by atoms with Gasteiger partial charge in [-0.15, -0.1) is 0 Å². The molecule has 0 spiro atoms. The number of aryl methyl sites for hydroxylation is 1. The third kappa shape index (κ3) is 6.21. The van der Waals surface area contributed by atoms with Crippen LogP contribution in [-0.4, -0.2) is 60.3 Å². The Labute approximate surface area is 205 Å². The molecule has 1 aliphatic rings. The Morgan fingerprint density at radius 3 is 2.94 bits per heavy atom. The maximum absolute atomic E-state index is 13.4. The molecule has 0 unspecified atom stereocenters. The zero-order valence-electron chi connectivity index (χ0n) is 19.9. The van der Waals surface area contributed by atoms with Gasteiger partial charge in [0, 0.05) is 22.7 Å². The van der Waals surface area contributed by atoms with Crippen LogP contribution in [0.2, 0.25) is 0 Å². The molecule has 2 heterocycles. The molecule has 8 heteroatoms. The number of carbonyl (C=O) groups is 1. The molecular formula is C27H32N4O4. The summed E-state index contributed by atoms with van der Waals surface area (Å²) in [6.45, 7) is 0.657. The lowest BCUT2D eigenvalue weighted by molar-refractivity contribution is 0.0912. The van der Waals surface area contributed by atoms with Gasteiger partial charge in [-0.1, -0.05) is 30.0 Å². The average Bonchev–Trinajstić information content (AvgIpc) is 3.13. The Hall–Kier alpha value is -3.35. The smallest absolute Gasteiger partial charge is 0.255 e. The summed E-state index contributed by atoms with van der Waals surface area (Å²) in [7, 11) is 1.64. The van der Waals surface area contributed by atoms with E-state index in [-0.39, 0.29) is 19.1 Å². The summed E-state index contributed by atoms with van der Waals surface area (Å²) in [5.41, 5.74) is 4.14. The highest BCUT2D eigenvalue weighted by molar-refractivity contribution is 5.98. The number of nitrogens with one attached hydrogen (secondary N) is 4. The number of carbonyl (C=O) groups excluding carboxylic acids is 1. The summed E-state index contributed by atoms with van der Waals surface area (Å²) in [6, 6.07) is 11.2. The number of aromatic amines is 1. The fourth-order valence-corrected chi connectivity index (χ4v) is 4.26. The lowest BCUT2D eigenvalue weighted by Gasteiger charge is -2.19. The summed E-state index contributed by atoms with van der Waals surface area (Å²) in [5, 5.41) is 29.1. The topological polar surface area (TPSA) is 119 Å². The van der Waals surface area contributed by atoms with Crippen LogP contribution in [0.5, 0.6) is 5.75 Å². The Bertz CT molecular complexity index is 1230. The van der Waals surface area contributed by atoms with Gasteiger partial charge < -0.3 is 25.3 Å². The van der Waals surface area contributed by atoms with Crippen LogP contribution in [0.25, 0.3) is 10.9 Å². The van der Waals surface area contributed by atoms with Crippen molar-refractivity contribution in [2.45, 2.75) is 38.1 Å². The zero-order valence-corrected chi connectivity index (χ0v) is 19.9. The van der Waals surface area contributed by atoms with Crippen LogP contribution in [-0.2, 0) is 12.8 Å². The molecule has 3 aromatic rings. The van der Waals surface area contributed by atoms with Crippen LogP contribution in [0.4, 0.5) is 0 Å². The maximum Gasteiger partial charge on any atom is 0.255 e. The van der Waals surface area contributed by atoms with Gasteiger partial charge in [-0.3, -0.25) is 15.4 Å². The Balaban J connectivity index is 1.55. The lowest BCUT2D eigenvalue weighted by atomic mass is 9.99. The van der Waals surface area contributed by atoms with Crippen LogP contribution in [0.1, 0.15) is 39.9 Å². The third-order valence-electron chi connectivity index (χ3n) is 6.08.